The van der Waals surface area contributed by atoms with Crippen LogP contribution in [0.15, 0.2) is 11.6 Å². The van der Waals surface area contributed by atoms with Crippen LogP contribution in [0.25, 0.3) is 0 Å². The summed E-state index contributed by atoms with van der Waals surface area (Å²) in [4.78, 5) is 25.5. The first-order chi connectivity index (χ1) is 13.4. The largest absolute Gasteiger partial charge is 0.359 e. The van der Waals surface area contributed by atoms with Crippen LogP contribution in [0.4, 0.5) is 0 Å². The Balaban J connectivity index is 2.55. The minimum absolute atomic E-state index is 0.0404. The van der Waals surface area contributed by atoms with Crippen LogP contribution in [-0.2, 0) is 28.5 Å². The van der Waals surface area contributed by atoms with Crippen LogP contribution in [0, 0.1) is 29.1 Å². The molecule has 0 amide bonds. The summed E-state index contributed by atoms with van der Waals surface area (Å²) in [6.45, 7) is 8.36. The second-order valence-corrected chi connectivity index (χ2v) is 8.17. The molecule has 0 aliphatic heterocycles. The molecular weight excluding hydrogens is 360 g/mol. The summed E-state index contributed by atoms with van der Waals surface area (Å²) in [7, 11) is 3.20. The van der Waals surface area contributed by atoms with E-state index < -0.39 is 5.41 Å². The predicted molar refractivity (Wildman–Crippen MR) is 106 cm³/mol. The average Bonchev–Trinajstić information content (AvgIpc) is 2.70. The highest BCUT2D eigenvalue weighted by atomic mass is 16.7. The van der Waals surface area contributed by atoms with Gasteiger partial charge in [-0.25, -0.2) is 0 Å². The number of rotatable bonds is 10. The number of hydrogen-bond donors (Lipinski definition) is 0. The van der Waals surface area contributed by atoms with Gasteiger partial charge in [0, 0.05) is 38.4 Å². The van der Waals surface area contributed by atoms with Gasteiger partial charge in [-0.2, -0.15) is 0 Å². The molecule has 0 bridgehead atoms. The van der Waals surface area contributed by atoms with Gasteiger partial charge in [0.1, 0.15) is 25.7 Å². The molecule has 2 aliphatic rings. The van der Waals surface area contributed by atoms with Gasteiger partial charge in [-0.3, -0.25) is 4.79 Å². The molecule has 7 atom stereocenters. The van der Waals surface area contributed by atoms with Crippen LogP contribution in [0.3, 0.4) is 0 Å². The smallest absolute Gasteiger partial charge is 0.146 e. The topological polar surface area (TPSA) is 71.1 Å². The molecule has 160 valence electrons. The minimum Gasteiger partial charge on any atom is -0.359 e. The molecule has 1 fully saturated rings. The second kappa shape index (κ2) is 10.1. The molecule has 2 rings (SSSR count). The van der Waals surface area contributed by atoms with Crippen molar-refractivity contribution in [2.24, 2.45) is 29.1 Å². The van der Waals surface area contributed by atoms with Crippen molar-refractivity contribution in [2.75, 3.05) is 27.8 Å². The summed E-state index contributed by atoms with van der Waals surface area (Å²) >= 11 is 0. The van der Waals surface area contributed by atoms with Gasteiger partial charge in [-0.05, 0) is 25.2 Å². The molecule has 6 heteroatoms. The van der Waals surface area contributed by atoms with Crippen molar-refractivity contribution in [1.82, 2.24) is 0 Å². The summed E-state index contributed by atoms with van der Waals surface area (Å²) in [5.41, 5.74) is 0.233. The van der Waals surface area contributed by atoms with E-state index in [1.54, 1.807) is 14.2 Å². The average molecular weight is 397 g/mol. The maximum atomic E-state index is 12.9. The molecule has 0 aromatic carbocycles. The lowest BCUT2D eigenvalue weighted by Crippen LogP contribution is -2.59. The highest BCUT2D eigenvalue weighted by Gasteiger charge is 2.59. The van der Waals surface area contributed by atoms with Gasteiger partial charge in [0.05, 0.1) is 18.1 Å². The third kappa shape index (κ3) is 4.11. The van der Waals surface area contributed by atoms with Gasteiger partial charge in [0.2, 0.25) is 0 Å². The Bertz CT molecular complexity index is 573. The molecule has 28 heavy (non-hydrogen) atoms. The summed E-state index contributed by atoms with van der Waals surface area (Å²) in [6.07, 6.45) is 4.69. The van der Waals surface area contributed by atoms with Crippen molar-refractivity contribution in [3.05, 3.63) is 11.6 Å². The molecule has 0 aromatic heterocycles. The Labute approximate surface area is 168 Å². The van der Waals surface area contributed by atoms with E-state index in [1.165, 1.54) is 0 Å². The molecule has 1 saturated carbocycles. The molecule has 2 aliphatic carbocycles. The lowest BCUT2D eigenvalue weighted by molar-refractivity contribution is -0.192. The molecule has 6 nitrogen and oxygen atoms in total. The monoisotopic (exact) mass is 396 g/mol. The maximum absolute atomic E-state index is 12.9. The summed E-state index contributed by atoms with van der Waals surface area (Å²) in [5, 5.41) is 0. The van der Waals surface area contributed by atoms with Crippen molar-refractivity contribution in [3.8, 4) is 0 Å². The first-order valence-corrected chi connectivity index (χ1v) is 10.3. The van der Waals surface area contributed by atoms with Gasteiger partial charge in [0.15, 0.2) is 0 Å². The normalized spacial score (nSPS) is 37.9. The minimum atomic E-state index is -0.750. The van der Waals surface area contributed by atoms with Crippen molar-refractivity contribution >= 4 is 12.1 Å². The zero-order chi connectivity index (χ0) is 20.9. The van der Waals surface area contributed by atoms with Crippen LogP contribution in [0.2, 0.25) is 0 Å². The number of methoxy groups -OCH3 is 2. The summed E-state index contributed by atoms with van der Waals surface area (Å²) in [6, 6.07) is 0. The van der Waals surface area contributed by atoms with Crippen LogP contribution in [0.5, 0.6) is 0 Å². The van der Waals surface area contributed by atoms with Gasteiger partial charge < -0.3 is 23.7 Å². The van der Waals surface area contributed by atoms with Gasteiger partial charge in [-0.1, -0.05) is 32.4 Å². The van der Waals surface area contributed by atoms with E-state index in [4.69, 9.17) is 18.9 Å². The van der Waals surface area contributed by atoms with Crippen molar-refractivity contribution in [3.63, 3.8) is 0 Å². The molecule has 0 aromatic rings. The highest BCUT2D eigenvalue weighted by Crippen LogP contribution is 2.57. The van der Waals surface area contributed by atoms with E-state index in [1.807, 2.05) is 20.8 Å². The van der Waals surface area contributed by atoms with Crippen LogP contribution in [-0.4, -0.2) is 52.1 Å². The van der Waals surface area contributed by atoms with Crippen molar-refractivity contribution in [1.29, 1.82) is 0 Å². The third-order valence-corrected chi connectivity index (χ3v) is 6.83. The van der Waals surface area contributed by atoms with E-state index in [2.05, 4.69) is 13.0 Å². The molecule has 0 unspecified atom stereocenters. The molecule has 0 N–H and O–H groups in total. The number of hydrogen-bond acceptors (Lipinski definition) is 6. The third-order valence-electron chi connectivity index (χ3n) is 6.83. The van der Waals surface area contributed by atoms with E-state index >= 15 is 0 Å². The molecule has 0 spiro atoms. The molecule has 0 saturated heterocycles. The first kappa shape index (κ1) is 23.2. The van der Waals surface area contributed by atoms with Crippen LogP contribution < -0.4 is 0 Å². The lowest BCUT2D eigenvalue weighted by atomic mass is 9.49. The van der Waals surface area contributed by atoms with Crippen molar-refractivity contribution < 1.29 is 28.5 Å². The number of aldehydes is 1. The Morgan fingerprint density at radius 3 is 2.29 bits per heavy atom. The van der Waals surface area contributed by atoms with Gasteiger partial charge in [0.25, 0.3) is 0 Å². The number of carbonyl (C=O) groups excluding carboxylic acids is 2. The van der Waals surface area contributed by atoms with E-state index in [0.29, 0.717) is 19.3 Å². The van der Waals surface area contributed by atoms with E-state index in [0.717, 1.165) is 11.9 Å². The quantitative estimate of drug-likeness (QED) is 0.320. The van der Waals surface area contributed by atoms with Gasteiger partial charge >= 0.3 is 0 Å². The Hall–Kier alpha value is -1.08. The van der Waals surface area contributed by atoms with Crippen LogP contribution in [0.1, 0.15) is 47.0 Å². The van der Waals surface area contributed by atoms with E-state index in [9.17, 15) is 9.59 Å². The second-order valence-electron chi connectivity index (χ2n) is 8.17. The van der Waals surface area contributed by atoms with Crippen molar-refractivity contribution in [2.45, 2.75) is 59.2 Å². The Kier molecular flexibility index (Phi) is 8.37. The number of fused-ring (bicyclic) bond motifs is 1. The fourth-order valence-electron chi connectivity index (χ4n) is 5.63. The highest BCUT2D eigenvalue weighted by molar-refractivity contribution is 5.88. The predicted octanol–water partition coefficient (Wildman–Crippen LogP) is 3.39. The number of carbonyl (C=O) groups is 2. The number of allylic oxidation sites excluding steroid dienone is 1. The zero-order valence-corrected chi connectivity index (χ0v) is 18.1. The first-order valence-electron chi connectivity index (χ1n) is 10.3. The Morgan fingerprint density at radius 2 is 1.79 bits per heavy atom. The lowest BCUT2D eigenvalue weighted by Gasteiger charge is -2.56. The summed E-state index contributed by atoms with van der Waals surface area (Å²) in [5.74, 6) is -0.171. The maximum Gasteiger partial charge on any atom is 0.146 e. The van der Waals surface area contributed by atoms with E-state index in [-0.39, 0.29) is 55.2 Å². The fraction of sp³-hybridized carbons (Fsp3) is 0.818. The number of Topliss-reactive ketones (excluding diaryl/α,β-unsaturated/α-hetero) is 1. The molecular formula is C22H36O6. The Morgan fingerprint density at radius 1 is 1.18 bits per heavy atom. The molecule has 0 radical (unpaired) electrons. The standard InChI is InChI=1S/C22H36O6/c1-7-17(24)20-14(3)9-16-19(28-13-26-6)10-18(27-12-25-5)15(4)21(16)22(20,8-2)11-23/h9,11,15-16,18-21H,7-8,10,12-13H2,1-6H3/t15-,16+,18+,19-,20-,21+,22+/m0/s1. The van der Waals surface area contributed by atoms with Gasteiger partial charge in [-0.15, -0.1) is 0 Å². The number of ketones is 1. The fourth-order valence-corrected chi connectivity index (χ4v) is 5.63. The SMILES string of the molecule is CCC(=O)[C@@H]1C(C)=C[C@H]2[C@@H]([C@@H](C)[C@H](OCOC)C[C@@H]2OCOC)[C@@]1(C=O)CC. The molecule has 0 heterocycles. The summed E-state index contributed by atoms with van der Waals surface area (Å²) < 4.78 is 22.3. The van der Waals surface area contributed by atoms with Crippen LogP contribution >= 0.6 is 0 Å². The zero-order valence-electron chi connectivity index (χ0n) is 18.1. The number of ether oxygens (including phenoxy) is 4.